The molecule has 170 valence electrons. The van der Waals surface area contributed by atoms with Crippen LogP contribution in [0.2, 0.25) is 0 Å². The van der Waals surface area contributed by atoms with Gasteiger partial charge in [0.05, 0.1) is 11.7 Å². The molecule has 3 heterocycles. The molecule has 4 atom stereocenters. The van der Waals surface area contributed by atoms with Crippen molar-refractivity contribution in [2.45, 2.75) is 71.1 Å². The lowest BCUT2D eigenvalue weighted by Crippen LogP contribution is -2.52. The fourth-order valence-corrected chi connectivity index (χ4v) is 3.78. The Hall–Kier alpha value is -3.13. The summed E-state index contributed by atoms with van der Waals surface area (Å²) in [5.74, 6) is -0.792. The molecule has 2 aliphatic heterocycles. The Morgan fingerprint density at radius 2 is 1.75 bits per heavy atom. The van der Waals surface area contributed by atoms with Crippen LogP contribution in [-0.2, 0) is 23.8 Å². The number of epoxide rings is 1. The highest BCUT2D eigenvalue weighted by molar-refractivity contribution is 5.88. The molecular weight excluding hydrogens is 416 g/mol. The van der Waals surface area contributed by atoms with E-state index in [2.05, 4.69) is 0 Å². The van der Waals surface area contributed by atoms with Crippen LogP contribution in [0.1, 0.15) is 53.2 Å². The second-order valence-electron chi connectivity index (χ2n) is 8.85. The molecule has 32 heavy (non-hydrogen) atoms. The van der Waals surface area contributed by atoms with E-state index < -0.39 is 41.0 Å². The van der Waals surface area contributed by atoms with E-state index >= 15 is 0 Å². The topological polar surface area (TPSA) is 105 Å². The van der Waals surface area contributed by atoms with E-state index in [1.165, 1.54) is 6.07 Å². The molecule has 2 aromatic rings. The number of fused-ring (bicyclic) bond motifs is 3. The zero-order chi connectivity index (χ0) is 23.4. The van der Waals surface area contributed by atoms with Gasteiger partial charge in [-0.05, 0) is 59.7 Å². The Kier molecular flexibility index (Phi) is 5.16. The molecule has 0 radical (unpaired) electrons. The van der Waals surface area contributed by atoms with E-state index in [4.69, 9.17) is 23.4 Å². The van der Waals surface area contributed by atoms with Gasteiger partial charge in [-0.25, -0.2) is 14.4 Å². The van der Waals surface area contributed by atoms with Crippen molar-refractivity contribution in [3.63, 3.8) is 0 Å². The molecule has 1 aromatic heterocycles. The minimum absolute atomic E-state index is 0.210. The van der Waals surface area contributed by atoms with Crippen LogP contribution in [0, 0.1) is 0 Å². The Balaban J connectivity index is 1.87. The molecule has 0 unspecified atom stereocenters. The van der Waals surface area contributed by atoms with Gasteiger partial charge in [0.1, 0.15) is 16.9 Å². The summed E-state index contributed by atoms with van der Waals surface area (Å²) < 4.78 is 28.8. The fourth-order valence-electron chi connectivity index (χ4n) is 3.78. The van der Waals surface area contributed by atoms with Crippen LogP contribution in [0.5, 0.6) is 5.75 Å². The second-order valence-corrected chi connectivity index (χ2v) is 8.85. The number of allylic oxidation sites excluding steroid dienone is 1. The molecule has 0 saturated carbocycles. The van der Waals surface area contributed by atoms with Crippen molar-refractivity contribution in [2.75, 3.05) is 0 Å². The smallest absolute Gasteiger partial charge is 0.341 e. The number of hydrogen-bond acceptors (Lipinski definition) is 8. The molecule has 0 amide bonds. The van der Waals surface area contributed by atoms with Gasteiger partial charge < -0.3 is 23.4 Å². The van der Waals surface area contributed by atoms with Crippen LogP contribution in [0.15, 0.2) is 45.1 Å². The number of carbonyl (C=O) groups excluding carboxylic acids is 2. The largest absolute Gasteiger partial charge is 0.483 e. The number of carbonyl (C=O) groups is 2. The van der Waals surface area contributed by atoms with E-state index in [1.807, 2.05) is 0 Å². The molecular formula is C24H26O8. The van der Waals surface area contributed by atoms with Gasteiger partial charge in [0.2, 0.25) is 0 Å². The summed E-state index contributed by atoms with van der Waals surface area (Å²) in [5.41, 5.74) is -1.77. The minimum Gasteiger partial charge on any atom is -0.483 e. The SMILES string of the molecule is CC=C(C)C(=O)O[C@@H]1[C@H](OC(=O)[C@@]2(C)O[C@@H]2C)c2c(ccc3ccc(=O)oc23)OC1(C)C. The highest BCUT2D eigenvalue weighted by atomic mass is 16.7. The predicted octanol–water partition coefficient (Wildman–Crippen LogP) is 3.60. The predicted molar refractivity (Wildman–Crippen MR) is 114 cm³/mol. The molecule has 0 N–H and O–H groups in total. The normalized spacial score (nSPS) is 28.4. The molecule has 1 fully saturated rings. The third-order valence-electron chi connectivity index (χ3n) is 6.17. The summed E-state index contributed by atoms with van der Waals surface area (Å²) >= 11 is 0. The van der Waals surface area contributed by atoms with E-state index in [0.717, 1.165) is 0 Å². The number of hydrogen-bond donors (Lipinski definition) is 0. The molecule has 8 heteroatoms. The third kappa shape index (κ3) is 3.58. The summed E-state index contributed by atoms with van der Waals surface area (Å²) in [7, 11) is 0. The maximum Gasteiger partial charge on any atom is 0.341 e. The first-order valence-corrected chi connectivity index (χ1v) is 10.5. The first-order valence-electron chi connectivity index (χ1n) is 10.5. The van der Waals surface area contributed by atoms with Crippen LogP contribution in [0.4, 0.5) is 0 Å². The lowest BCUT2D eigenvalue weighted by molar-refractivity contribution is -0.190. The second kappa shape index (κ2) is 7.48. The molecule has 1 aromatic carbocycles. The van der Waals surface area contributed by atoms with E-state index in [-0.39, 0.29) is 11.7 Å². The van der Waals surface area contributed by atoms with Crippen molar-refractivity contribution in [2.24, 2.45) is 0 Å². The van der Waals surface area contributed by atoms with Crippen molar-refractivity contribution in [1.29, 1.82) is 0 Å². The van der Waals surface area contributed by atoms with Crippen molar-refractivity contribution >= 4 is 22.9 Å². The lowest BCUT2D eigenvalue weighted by Gasteiger charge is -2.43. The quantitative estimate of drug-likeness (QED) is 0.306. The summed E-state index contributed by atoms with van der Waals surface area (Å²) in [4.78, 5) is 37.7. The van der Waals surface area contributed by atoms with Crippen LogP contribution in [0.25, 0.3) is 11.0 Å². The third-order valence-corrected chi connectivity index (χ3v) is 6.17. The zero-order valence-corrected chi connectivity index (χ0v) is 18.9. The van der Waals surface area contributed by atoms with Crippen molar-refractivity contribution in [3.8, 4) is 5.75 Å². The van der Waals surface area contributed by atoms with Gasteiger partial charge in [-0.1, -0.05) is 6.08 Å². The average molecular weight is 442 g/mol. The molecule has 0 spiro atoms. The fraction of sp³-hybridized carbons (Fsp3) is 0.458. The highest BCUT2D eigenvalue weighted by Gasteiger charge is 2.59. The molecule has 2 aliphatic rings. The molecule has 1 saturated heterocycles. The first kappa shape index (κ1) is 22.1. The summed E-state index contributed by atoms with van der Waals surface area (Å²) in [6, 6.07) is 6.37. The minimum atomic E-state index is -1.10. The Morgan fingerprint density at radius 1 is 1.09 bits per heavy atom. The zero-order valence-electron chi connectivity index (χ0n) is 18.9. The summed E-state index contributed by atoms with van der Waals surface area (Å²) in [6.45, 7) is 10.2. The van der Waals surface area contributed by atoms with Crippen LogP contribution < -0.4 is 10.4 Å². The van der Waals surface area contributed by atoms with Gasteiger partial charge in [0.15, 0.2) is 17.8 Å². The maximum atomic E-state index is 13.0. The number of esters is 2. The van der Waals surface area contributed by atoms with E-state index in [9.17, 15) is 14.4 Å². The maximum absolute atomic E-state index is 13.0. The van der Waals surface area contributed by atoms with Crippen LogP contribution in [0.3, 0.4) is 0 Å². The van der Waals surface area contributed by atoms with Gasteiger partial charge in [-0.2, -0.15) is 0 Å². The van der Waals surface area contributed by atoms with Gasteiger partial charge in [0, 0.05) is 17.0 Å². The van der Waals surface area contributed by atoms with Crippen molar-refractivity contribution in [1.82, 2.24) is 0 Å². The highest BCUT2D eigenvalue weighted by Crippen LogP contribution is 2.48. The number of benzene rings is 1. The Morgan fingerprint density at radius 3 is 2.38 bits per heavy atom. The lowest BCUT2D eigenvalue weighted by atomic mass is 9.87. The van der Waals surface area contributed by atoms with Gasteiger partial charge >= 0.3 is 17.6 Å². The van der Waals surface area contributed by atoms with Crippen molar-refractivity contribution in [3.05, 3.63) is 51.9 Å². The van der Waals surface area contributed by atoms with Crippen LogP contribution >= 0.6 is 0 Å². The standard InChI is InChI=1S/C24H26O8/c1-7-12(2)21(26)30-20-19(29-22(27)24(6)13(3)31-24)17-15(32-23(20,4)5)10-8-14-9-11-16(25)28-18(14)17/h7-11,13,19-20H,1-6H3/t13-,19-,20-,24+/m1/s1. The monoisotopic (exact) mass is 442 g/mol. The molecule has 0 aliphatic carbocycles. The summed E-state index contributed by atoms with van der Waals surface area (Å²) in [5, 5.41) is 0.615. The average Bonchev–Trinajstić information content (AvgIpc) is 3.36. The summed E-state index contributed by atoms with van der Waals surface area (Å²) in [6.07, 6.45) is -0.783. The number of rotatable bonds is 4. The van der Waals surface area contributed by atoms with E-state index in [0.29, 0.717) is 22.3 Å². The first-order chi connectivity index (χ1) is 15.0. The van der Waals surface area contributed by atoms with Gasteiger partial charge in [-0.3, -0.25) is 0 Å². The molecule has 4 rings (SSSR count). The molecule has 0 bridgehead atoms. The van der Waals surface area contributed by atoms with Crippen LogP contribution in [-0.4, -0.2) is 35.3 Å². The van der Waals surface area contributed by atoms with Gasteiger partial charge in [-0.15, -0.1) is 0 Å². The number of ether oxygens (including phenoxy) is 4. The van der Waals surface area contributed by atoms with Gasteiger partial charge in [0.25, 0.3) is 0 Å². The van der Waals surface area contributed by atoms with E-state index in [1.54, 1.807) is 65.8 Å². The molecule has 8 nitrogen and oxygen atoms in total. The Bertz CT molecular complexity index is 1190. The Labute approximate surface area is 185 Å². The van der Waals surface area contributed by atoms with Crippen molar-refractivity contribution < 1.29 is 33.0 Å².